The highest BCUT2D eigenvalue weighted by atomic mass is 32.1. The van der Waals surface area contributed by atoms with Gasteiger partial charge >= 0.3 is 0 Å². The van der Waals surface area contributed by atoms with Gasteiger partial charge in [-0.2, -0.15) is 5.10 Å². The fourth-order valence-electron chi connectivity index (χ4n) is 3.40. The third-order valence-corrected chi connectivity index (χ3v) is 5.67. The van der Waals surface area contributed by atoms with Crippen LogP contribution in [-0.2, 0) is 0 Å². The Morgan fingerprint density at radius 2 is 2.22 bits per heavy atom. The van der Waals surface area contributed by atoms with E-state index in [0.717, 1.165) is 48.7 Å². The van der Waals surface area contributed by atoms with E-state index in [0.29, 0.717) is 5.69 Å². The smallest absolute Gasteiger partial charge is 0.273 e. The van der Waals surface area contributed by atoms with Crippen LogP contribution in [0.1, 0.15) is 30.3 Å². The SMILES string of the molecule is CCCN(C(=O)c1csc(-c2cnn(-c3ccccc3)c2)n1)[C@H]1CCNC1. The number of rotatable bonds is 6. The first-order valence-electron chi connectivity index (χ1n) is 9.34. The second-order valence-corrected chi connectivity index (χ2v) is 7.55. The van der Waals surface area contributed by atoms with Gasteiger partial charge in [0.2, 0.25) is 0 Å². The summed E-state index contributed by atoms with van der Waals surface area (Å²) in [6, 6.07) is 10.2. The van der Waals surface area contributed by atoms with Crippen LogP contribution in [0.4, 0.5) is 0 Å². The van der Waals surface area contributed by atoms with E-state index in [-0.39, 0.29) is 11.9 Å². The summed E-state index contributed by atoms with van der Waals surface area (Å²) < 4.78 is 1.83. The van der Waals surface area contributed by atoms with Gasteiger partial charge in [-0.25, -0.2) is 9.67 Å². The predicted octanol–water partition coefficient (Wildman–Crippen LogP) is 3.21. The Balaban J connectivity index is 1.54. The summed E-state index contributed by atoms with van der Waals surface area (Å²) in [4.78, 5) is 19.6. The van der Waals surface area contributed by atoms with Crippen LogP contribution in [0.15, 0.2) is 48.1 Å². The van der Waals surface area contributed by atoms with Crippen LogP contribution in [0.25, 0.3) is 16.3 Å². The maximum atomic E-state index is 13.0. The molecule has 1 fully saturated rings. The molecule has 1 saturated heterocycles. The van der Waals surface area contributed by atoms with Gasteiger partial charge in [-0.1, -0.05) is 25.1 Å². The lowest BCUT2D eigenvalue weighted by molar-refractivity contribution is 0.0687. The molecule has 1 N–H and O–H groups in total. The van der Waals surface area contributed by atoms with Gasteiger partial charge in [0.25, 0.3) is 5.91 Å². The number of para-hydroxylation sites is 1. The van der Waals surface area contributed by atoms with Crippen molar-refractivity contribution >= 4 is 17.2 Å². The van der Waals surface area contributed by atoms with Gasteiger partial charge in [0.1, 0.15) is 10.7 Å². The summed E-state index contributed by atoms with van der Waals surface area (Å²) in [7, 11) is 0. The number of thiazole rings is 1. The molecule has 3 heterocycles. The number of aromatic nitrogens is 3. The summed E-state index contributed by atoms with van der Waals surface area (Å²) >= 11 is 1.49. The van der Waals surface area contributed by atoms with Crippen LogP contribution in [0.2, 0.25) is 0 Å². The van der Waals surface area contributed by atoms with E-state index in [9.17, 15) is 4.79 Å². The molecule has 6 nitrogen and oxygen atoms in total. The van der Waals surface area contributed by atoms with Gasteiger partial charge in [-0.15, -0.1) is 11.3 Å². The third kappa shape index (κ3) is 3.79. The quantitative estimate of drug-likeness (QED) is 0.712. The van der Waals surface area contributed by atoms with Gasteiger partial charge < -0.3 is 10.2 Å². The summed E-state index contributed by atoms with van der Waals surface area (Å²) in [6.45, 7) is 4.71. The molecule has 0 aliphatic carbocycles. The van der Waals surface area contributed by atoms with Gasteiger partial charge in [0.05, 0.1) is 11.9 Å². The van der Waals surface area contributed by atoms with Crippen LogP contribution in [0.3, 0.4) is 0 Å². The molecule has 4 rings (SSSR count). The van der Waals surface area contributed by atoms with Crippen molar-refractivity contribution in [2.24, 2.45) is 0 Å². The molecular weight excluding hydrogens is 358 g/mol. The van der Waals surface area contributed by atoms with E-state index in [2.05, 4.69) is 22.3 Å². The van der Waals surface area contributed by atoms with Crippen molar-refractivity contribution in [2.75, 3.05) is 19.6 Å². The number of carbonyl (C=O) groups excluding carboxylic acids is 1. The van der Waals surface area contributed by atoms with Crippen molar-refractivity contribution in [3.05, 3.63) is 53.8 Å². The highest BCUT2D eigenvalue weighted by Crippen LogP contribution is 2.25. The maximum absolute atomic E-state index is 13.0. The van der Waals surface area contributed by atoms with Crippen molar-refractivity contribution < 1.29 is 4.79 Å². The van der Waals surface area contributed by atoms with Gasteiger partial charge in [0, 0.05) is 36.3 Å². The van der Waals surface area contributed by atoms with E-state index in [4.69, 9.17) is 0 Å². The molecule has 0 radical (unpaired) electrons. The van der Waals surface area contributed by atoms with Crippen LogP contribution >= 0.6 is 11.3 Å². The molecule has 0 unspecified atom stereocenters. The summed E-state index contributed by atoms with van der Waals surface area (Å²) in [5.74, 6) is 0.0310. The second kappa shape index (κ2) is 8.02. The number of hydrogen-bond donors (Lipinski definition) is 1. The minimum atomic E-state index is 0.0310. The number of hydrogen-bond acceptors (Lipinski definition) is 5. The molecule has 0 bridgehead atoms. The van der Waals surface area contributed by atoms with Crippen molar-refractivity contribution in [1.29, 1.82) is 0 Å². The molecule has 1 aromatic carbocycles. The summed E-state index contributed by atoms with van der Waals surface area (Å²) in [6.07, 6.45) is 5.70. The standard InChI is InChI=1S/C20H23N5OS/c1-2-10-24(17-8-9-21-12-17)20(26)18-14-27-19(23-18)15-11-22-25(13-15)16-6-4-3-5-7-16/h3-7,11,13-14,17,21H,2,8-10,12H2,1H3/t17-/m0/s1. The largest absolute Gasteiger partial charge is 0.333 e. The normalized spacial score (nSPS) is 16.6. The number of amides is 1. The Kier molecular flexibility index (Phi) is 5.31. The molecule has 7 heteroatoms. The monoisotopic (exact) mass is 381 g/mol. The molecule has 140 valence electrons. The lowest BCUT2D eigenvalue weighted by Crippen LogP contribution is -2.42. The molecule has 1 aliphatic rings. The minimum Gasteiger partial charge on any atom is -0.333 e. The zero-order valence-electron chi connectivity index (χ0n) is 15.3. The maximum Gasteiger partial charge on any atom is 0.273 e. The van der Waals surface area contributed by atoms with E-state index in [1.54, 1.807) is 6.20 Å². The fraction of sp³-hybridized carbons (Fsp3) is 0.350. The third-order valence-electron chi connectivity index (χ3n) is 4.77. The van der Waals surface area contributed by atoms with Crippen LogP contribution in [0, 0.1) is 0 Å². The topological polar surface area (TPSA) is 63.1 Å². The average Bonchev–Trinajstić information content (AvgIpc) is 3.47. The van der Waals surface area contributed by atoms with E-state index in [1.165, 1.54) is 11.3 Å². The molecule has 1 amide bonds. The number of nitrogens with one attached hydrogen (secondary N) is 1. The Labute approximate surface area is 162 Å². The number of carbonyl (C=O) groups is 1. The van der Waals surface area contributed by atoms with Gasteiger partial charge in [-0.05, 0) is 31.5 Å². The Morgan fingerprint density at radius 3 is 2.96 bits per heavy atom. The van der Waals surface area contributed by atoms with Crippen molar-refractivity contribution in [1.82, 2.24) is 25.0 Å². The minimum absolute atomic E-state index is 0.0310. The van der Waals surface area contributed by atoms with Gasteiger partial charge in [-0.3, -0.25) is 4.79 Å². The first-order chi connectivity index (χ1) is 13.3. The first kappa shape index (κ1) is 17.9. The van der Waals surface area contributed by atoms with Crippen LogP contribution in [0.5, 0.6) is 0 Å². The molecule has 0 spiro atoms. The molecule has 2 aromatic heterocycles. The molecule has 3 aromatic rings. The molecule has 0 saturated carbocycles. The van der Waals surface area contributed by atoms with E-state index < -0.39 is 0 Å². The van der Waals surface area contributed by atoms with E-state index >= 15 is 0 Å². The Morgan fingerprint density at radius 1 is 1.37 bits per heavy atom. The number of benzene rings is 1. The lowest BCUT2D eigenvalue weighted by Gasteiger charge is -2.27. The van der Waals surface area contributed by atoms with Crippen LogP contribution in [-0.4, -0.2) is 51.2 Å². The van der Waals surface area contributed by atoms with E-state index in [1.807, 2.05) is 51.5 Å². The highest BCUT2D eigenvalue weighted by molar-refractivity contribution is 7.13. The summed E-state index contributed by atoms with van der Waals surface area (Å²) in [5, 5.41) is 10.5. The van der Waals surface area contributed by atoms with Crippen LogP contribution < -0.4 is 5.32 Å². The first-order valence-corrected chi connectivity index (χ1v) is 10.2. The Hall–Kier alpha value is -2.51. The predicted molar refractivity (Wildman–Crippen MR) is 107 cm³/mol. The molecule has 1 aliphatic heterocycles. The number of nitrogens with zero attached hydrogens (tertiary/aromatic N) is 4. The second-order valence-electron chi connectivity index (χ2n) is 6.69. The fourth-order valence-corrected chi connectivity index (χ4v) is 4.17. The zero-order chi connectivity index (χ0) is 18.6. The summed E-state index contributed by atoms with van der Waals surface area (Å²) in [5.41, 5.74) is 2.45. The molecular formula is C20H23N5OS. The Bertz CT molecular complexity index is 898. The molecule has 1 atom stereocenters. The lowest BCUT2D eigenvalue weighted by atomic mass is 10.2. The molecule has 27 heavy (non-hydrogen) atoms. The zero-order valence-corrected chi connectivity index (χ0v) is 16.2. The van der Waals surface area contributed by atoms with Gasteiger partial charge in [0.15, 0.2) is 0 Å². The highest BCUT2D eigenvalue weighted by Gasteiger charge is 2.28. The average molecular weight is 382 g/mol. The van der Waals surface area contributed by atoms with Crippen molar-refractivity contribution in [3.8, 4) is 16.3 Å². The van der Waals surface area contributed by atoms with Crippen molar-refractivity contribution in [3.63, 3.8) is 0 Å². The van der Waals surface area contributed by atoms with Crippen molar-refractivity contribution in [2.45, 2.75) is 25.8 Å².